The monoisotopic (exact) mass is 140 g/mol. The van der Waals surface area contributed by atoms with Gasteiger partial charge in [0.2, 0.25) is 0 Å². The zero-order valence-corrected chi connectivity index (χ0v) is 6.80. The van der Waals surface area contributed by atoms with Gasteiger partial charge < -0.3 is 5.11 Å². The maximum Gasteiger partial charge on any atom is 0.110 e. The second kappa shape index (κ2) is 6.40. The molecule has 0 saturated carbocycles. The van der Waals surface area contributed by atoms with Gasteiger partial charge >= 0.3 is 0 Å². The molecule has 0 radical (unpaired) electrons. The summed E-state index contributed by atoms with van der Waals surface area (Å²) in [5.74, 6) is 0.358. The summed E-state index contributed by atoms with van der Waals surface area (Å²) in [5.41, 5.74) is 0. The highest BCUT2D eigenvalue weighted by Crippen LogP contribution is 1.97. The molecule has 0 heterocycles. The lowest BCUT2D eigenvalue weighted by Crippen LogP contribution is -1.71. The number of allylic oxidation sites excluding steroid dienone is 3. The number of hydrogen-bond acceptors (Lipinski definition) is 1. The smallest absolute Gasteiger partial charge is 0.110 e. The minimum atomic E-state index is 0.358. The molecule has 0 aromatic rings. The second-order valence-electron chi connectivity index (χ2n) is 2.26. The third kappa shape index (κ3) is 5.42. The molecule has 1 nitrogen and oxygen atoms in total. The highest BCUT2D eigenvalue weighted by atomic mass is 16.3. The molecule has 0 aliphatic carbocycles. The molecule has 10 heavy (non-hydrogen) atoms. The first kappa shape index (κ1) is 9.28. The molecular formula is C9H16O. The van der Waals surface area contributed by atoms with Gasteiger partial charge in [0, 0.05) is 0 Å². The van der Waals surface area contributed by atoms with E-state index in [1.165, 1.54) is 12.8 Å². The molecule has 0 bridgehead atoms. The molecule has 0 aliphatic heterocycles. The van der Waals surface area contributed by atoms with Gasteiger partial charge in [-0.25, -0.2) is 0 Å². The standard InChI is InChI=1S/C9H16O/c1-3-5-6-7-8-9(10)4-2/h4,7-8,10H,3,5-6H2,1-2H3/b8-7-,9-4+. The van der Waals surface area contributed by atoms with Crippen LogP contribution < -0.4 is 0 Å². The van der Waals surface area contributed by atoms with Crippen LogP contribution in [0.2, 0.25) is 0 Å². The number of unbranched alkanes of at least 4 members (excludes halogenated alkanes) is 2. The summed E-state index contributed by atoms with van der Waals surface area (Å²) in [7, 11) is 0. The fourth-order valence-corrected chi connectivity index (χ4v) is 0.622. The lowest BCUT2D eigenvalue weighted by atomic mass is 10.2. The summed E-state index contributed by atoms with van der Waals surface area (Å²) in [5, 5.41) is 8.93. The van der Waals surface area contributed by atoms with Crippen LogP contribution in [-0.2, 0) is 0 Å². The lowest BCUT2D eigenvalue weighted by molar-refractivity contribution is 0.431. The fraction of sp³-hybridized carbons (Fsp3) is 0.556. The molecule has 0 aromatic carbocycles. The van der Waals surface area contributed by atoms with Crippen molar-refractivity contribution >= 4 is 0 Å². The van der Waals surface area contributed by atoms with Gasteiger partial charge in [-0.05, 0) is 25.5 Å². The maximum atomic E-state index is 8.93. The molecule has 1 heteroatoms. The van der Waals surface area contributed by atoms with Crippen molar-refractivity contribution in [3.8, 4) is 0 Å². The van der Waals surface area contributed by atoms with Gasteiger partial charge in [0.25, 0.3) is 0 Å². The minimum Gasteiger partial charge on any atom is -0.508 e. The third-order valence-corrected chi connectivity index (χ3v) is 1.31. The Morgan fingerprint density at radius 2 is 2.20 bits per heavy atom. The van der Waals surface area contributed by atoms with Gasteiger partial charge in [0.15, 0.2) is 0 Å². The van der Waals surface area contributed by atoms with Gasteiger partial charge in [0.05, 0.1) is 0 Å². The van der Waals surface area contributed by atoms with Crippen LogP contribution in [0.4, 0.5) is 0 Å². The molecular weight excluding hydrogens is 124 g/mol. The summed E-state index contributed by atoms with van der Waals surface area (Å²) in [6.45, 7) is 3.98. The van der Waals surface area contributed by atoms with Crippen molar-refractivity contribution < 1.29 is 5.11 Å². The van der Waals surface area contributed by atoms with Crippen molar-refractivity contribution in [3.63, 3.8) is 0 Å². The third-order valence-electron chi connectivity index (χ3n) is 1.31. The number of aliphatic hydroxyl groups excluding tert-OH is 1. The molecule has 0 spiro atoms. The van der Waals surface area contributed by atoms with Crippen LogP contribution in [0.3, 0.4) is 0 Å². The van der Waals surface area contributed by atoms with E-state index in [1.807, 2.05) is 13.0 Å². The lowest BCUT2D eigenvalue weighted by Gasteiger charge is -1.88. The number of hydrogen-bond donors (Lipinski definition) is 1. The number of rotatable bonds is 4. The summed E-state index contributed by atoms with van der Waals surface area (Å²) < 4.78 is 0. The van der Waals surface area contributed by atoms with Gasteiger partial charge in [-0.2, -0.15) is 0 Å². The number of aliphatic hydroxyl groups is 1. The highest BCUT2D eigenvalue weighted by Gasteiger charge is 1.80. The Morgan fingerprint density at radius 3 is 2.70 bits per heavy atom. The summed E-state index contributed by atoms with van der Waals surface area (Å²) in [6.07, 6.45) is 8.90. The van der Waals surface area contributed by atoms with Crippen molar-refractivity contribution in [1.29, 1.82) is 0 Å². The summed E-state index contributed by atoms with van der Waals surface area (Å²) in [6, 6.07) is 0. The average Bonchev–Trinajstić information content (AvgIpc) is 1.98. The summed E-state index contributed by atoms with van der Waals surface area (Å²) in [4.78, 5) is 0. The predicted molar refractivity (Wildman–Crippen MR) is 45.1 cm³/mol. The molecule has 1 N–H and O–H groups in total. The van der Waals surface area contributed by atoms with E-state index in [1.54, 1.807) is 12.2 Å². The van der Waals surface area contributed by atoms with Crippen molar-refractivity contribution in [3.05, 3.63) is 24.0 Å². The van der Waals surface area contributed by atoms with Crippen molar-refractivity contribution in [1.82, 2.24) is 0 Å². The molecule has 0 saturated heterocycles. The highest BCUT2D eigenvalue weighted by molar-refractivity contribution is 5.08. The Bertz CT molecular complexity index is 123. The Labute approximate surface area is 63.1 Å². The average molecular weight is 140 g/mol. The summed E-state index contributed by atoms with van der Waals surface area (Å²) >= 11 is 0. The molecule has 0 fully saturated rings. The first-order valence-corrected chi connectivity index (χ1v) is 3.83. The normalized spacial score (nSPS) is 12.8. The van der Waals surface area contributed by atoms with E-state index < -0.39 is 0 Å². The van der Waals surface area contributed by atoms with Gasteiger partial charge in [-0.1, -0.05) is 25.8 Å². The molecule has 0 aromatic heterocycles. The van der Waals surface area contributed by atoms with Gasteiger partial charge in [0.1, 0.15) is 5.76 Å². The van der Waals surface area contributed by atoms with E-state index in [0.29, 0.717) is 5.76 Å². The van der Waals surface area contributed by atoms with Crippen LogP contribution in [0, 0.1) is 0 Å². The maximum absolute atomic E-state index is 8.93. The Morgan fingerprint density at radius 1 is 1.50 bits per heavy atom. The van der Waals surface area contributed by atoms with Crippen LogP contribution in [0.1, 0.15) is 33.1 Å². The van der Waals surface area contributed by atoms with E-state index in [2.05, 4.69) is 6.92 Å². The van der Waals surface area contributed by atoms with Crippen molar-refractivity contribution in [2.75, 3.05) is 0 Å². The first-order chi connectivity index (χ1) is 4.81. The first-order valence-electron chi connectivity index (χ1n) is 3.83. The Kier molecular flexibility index (Phi) is 5.94. The molecule has 0 amide bonds. The van der Waals surface area contributed by atoms with E-state index in [4.69, 9.17) is 5.11 Å². The SMILES string of the molecule is C/C=C(O)\C=C/CCCC. The largest absolute Gasteiger partial charge is 0.508 e. The minimum absolute atomic E-state index is 0.358. The van der Waals surface area contributed by atoms with Gasteiger partial charge in [-0.15, -0.1) is 0 Å². The van der Waals surface area contributed by atoms with Gasteiger partial charge in [-0.3, -0.25) is 0 Å². The Hall–Kier alpha value is -0.720. The zero-order chi connectivity index (χ0) is 7.82. The zero-order valence-electron chi connectivity index (χ0n) is 6.80. The molecule has 58 valence electrons. The van der Waals surface area contributed by atoms with E-state index in [0.717, 1.165) is 6.42 Å². The van der Waals surface area contributed by atoms with Crippen LogP contribution in [0.25, 0.3) is 0 Å². The van der Waals surface area contributed by atoms with Crippen LogP contribution >= 0.6 is 0 Å². The van der Waals surface area contributed by atoms with E-state index >= 15 is 0 Å². The second-order valence-corrected chi connectivity index (χ2v) is 2.26. The molecule has 0 unspecified atom stereocenters. The topological polar surface area (TPSA) is 20.2 Å². The van der Waals surface area contributed by atoms with Crippen LogP contribution in [-0.4, -0.2) is 5.11 Å². The quantitative estimate of drug-likeness (QED) is 0.361. The molecule has 0 aliphatic rings. The van der Waals surface area contributed by atoms with E-state index in [9.17, 15) is 0 Å². The van der Waals surface area contributed by atoms with Crippen LogP contribution in [0.15, 0.2) is 24.0 Å². The van der Waals surface area contributed by atoms with Crippen molar-refractivity contribution in [2.24, 2.45) is 0 Å². The van der Waals surface area contributed by atoms with Crippen molar-refractivity contribution in [2.45, 2.75) is 33.1 Å². The van der Waals surface area contributed by atoms with Crippen LogP contribution in [0.5, 0.6) is 0 Å². The predicted octanol–water partition coefficient (Wildman–Crippen LogP) is 3.19. The molecule has 0 rings (SSSR count). The van der Waals surface area contributed by atoms with E-state index in [-0.39, 0.29) is 0 Å². The fourth-order valence-electron chi connectivity index (χ4n) is 0.622. The Balaban J connectivity index is 3.37. The molecule has 0 atom stereocenters.